The minimum atomic E-state index is 1.17. The maximum absolute atomic E-state index is 2.37. The summed E-state index contributed by atoms with van der Waals surface area (Å²) in [5.74, 6) is 0. The Hall–Kier alpha value is 0.470. The molecular formula is C6H11I. The molecule has 0 atom stereocenters. The SMILES string of the molecule is CC/C=C(/I)CC. The van der Waals surface area contributed by atoms with Gasteiger partial charge in [-0.05, 0) is 39.0 Å². The first-order valence-electron chi connectivity index (χ1n) is 2.65. The zero-order valence-electron chi connectivity index (χ0n) is 4.87. The Morgan fingerprint density at radius 1 is 1.57 bits per heavy atom. The fraction of sp³-hybridized carbons (Fsp3) is 0.667. The van der Waals surface area contributed by atoms with E-state index >= 15 is 0 Å². The molecule has 0 unspecified atom stereocenters. The first-order valence-corrected chi connectivity index (χ1v) is 3.73. The number of hydrogen-bond acceptors (Lipinski definition) is 0. The number of rotatable bonds is 2. The molecule has 42 valence electrons. The summed E-state index contributed by atoms with van der Waals surface area (Å²) < 4.78 is 1.47. The number of hydrogen-bond donors (Lipinski definition) is 0. The molecule has 0 aliphatic rings. The maximum Gasteiger partial charge on any atom is -0.0137 e. The minimum absolute atomic E-state index is 1.17. The molecule has 0 spiro atoms. The van der Waals surface area contributed by atoms with Gasteiger partial charge < -0.3 is 0 Å². The van der Waals surface area contributed by atoms with Crippen LogP contribution in [0.3, 0.4) is 0 Å². The minimum Gasteiger partial charge on any atom is -0.0755 e. The summed E-state index contributed by atoms with van der Waals surface area (Å²) in [5.41, 5.74) is 0. The average Bonchev–Trinajstić information content (AvgIpc) is 1.68. The Balaban J connectivity index is 3.29. The molecule has 0 saturated heterocycles. The van der Waals surface area contributed by atoms with Crippen molar-refractivity contribution in [3.8, 4) is 0 Å². The maximum atomic E-state index is 2.37. The quantitative estimate of drug-likeness (QED) is 0.614. The van der Waals surface area contributed by atoms with E-state index in [2.05, 4.69) is 42.5 Å². The molecule has 7 heavy (non-hydrogen) atoms. The van der Waals surface area contributed by atoms with Crippen molar-refractivity contribution in [2.75, 3.05) is 0 Å². The molecule has 0 heterocycles. The van der Waals surface area contributed by atoms with Crippen molar-refractivity contribution >= 4 is 22.6 Å². The summed E-state index contributed by atoms with van der Waals surface area (Å²) in [6.07, 6.45) is 4.61. The molecule has 0 amide bonds. The Kier molecular flexibility index (Phi) is 4.94. The molecule has 0 fully saturated rings. The molecular weight excluding hydrogens is 199 g/mol. The Morgan fingerprint density at radius 3 is 2.29 bits per heavy atom. The van der Waals surface area contributed by atoms with E-state index in [-0.39, 0.29) is 0 Å². The summed E-state index contributed by atoms with van der Waals surface area (Å²) in [7, 11) is 0. The third-order valence-electron chi connectivity index (χ3n) is 0.763. The second kappa shape index (κ2) is 4.62. The molecule has 0 rings (SSSR count). The molecule has 0 saturated carbocycles. The average molecular weight is 210 g/mol. The second-order valence-corrected chi connectivity index (χ2v) is 2.80. The van der Waals surface area contributed by atoms with Crippen molar-refractivity contribution in [3.05, 3.63) is 9.66 Å². The van der Waals surface area contributed by atoms with Gasteiger partial charge in [-0.25, -0.2) is 0 Å². The highest BCUT2D eigenvalue weighted by Crippen LogP contribution is 2.09. The lowest BCUT2D eigenvalue weighted by molar-refractivity contribution is 1.15. The molecule has 0 aliphatic carbocycles. The van der Waals surface area contributed by atoms with Gasteiger partial charge in [-0.1, -0.05) is 19.9 Å². The molecule has 0 aromatic carbocycles. The van der Waals surface area contributed by atoms with Crippen molar-refractivity contribution < 1.29 is 0 Å². The number of halogens is 1. The van der Waals surface area contributed by atoms with Crippen LogP contribution in [0.2, 0.25) is 0 Å². The predicted molar refractivity (Wildman–Crippen MR) is 42.7 cm³/mol. The highest BCUT2D eigenvalue weighted by atomic mass is 127. The van der Waals surface area contributed by atoms with Gasteiger partial charge in [-0.2, -0.15) is 0 Å². The van der Waals surface area contributed by atoms with E-state index in [0.29, 0.717) is 0 Å². The van der Waals surface area contributed by atoms with Crippen LogP contribution in [0.25, 0.3) is 0 Å². The summed E-state index contributed by atoms with van der Waals surface area (Å²) in [6, 6.07) is 0. The van der Waals surface area contributed by atoms with Gasteiger partial charge in [0.25, 0.3) is 0 Å². The van der Waals surface area contributed by atoms with E-state index < -0.39 is 0 Å². The van der Waals surface area contributed by atoms with Crippen LogP contribution in [0.15, 0.2) is 9.66 Å². The number of allylic oxidation sites excluding steroid dienone is 2. The van der Waals surface area contributed by atoms with Crippen LogP contribution in [-0.2, 0) is 0 Å². The van der Waals surface area contributed by atoms with Crippen LogP contribution in [0.1, 0.15) is 26.7 Å². The summed E-state index contributed by atoms with van der Waals surface area (Å²) >= 11 is 2.37. The lowest BCUT2D eigenvalue weighted by Crippen LogP contribution is -1.62. The monoisotopic (exact) mass is 210 g/mol. The first-order chi connectivity index (χ1) is 3.31. The van der Waals surface area contributed by atoms with Crippen molar-refractivity contribution in [2.45, 2.75) is 26.7 Å². The van der Waals surface area contributed by atoms with Gasteiger partial charge in [0.15, 0.2) is 0 Å². The van der Waals surface area contributed by atoms with Gasteiger partial charge in [0, 0.05) is 0 Å². The van der Waals surface area contributed by atoms with Crippen LogP contribution in [0, 0.1) is 0 Å². The zero-order chi connectivity index (χ0) is 5.70. The molecule has 0 aromatic rings. The Morgan fingerprint density at radius 2 is 2.14 bits per heavy atom. The van der Waals surface area contributed by atoms with Crippen LogP contribution >= 0.6 is 22.6 Å². The molecule has 0 radical (unpaired) electrons. The van der Waals surface area contributed by atoms with Crippen LogP contribution < -0.4 is 0 Å². The zero-order valence-corrected chi connectivity index (χ0v) is 7.03. The van der Waals surface area contributed by atoms with Crippen molar-refractivity contribution in [2.24, 2.45) is 0 Å². The van der Waals surface area contributed by atoms with Gasteiger partial charge in [0.2, 0.25) is 0 Å². The molecule has 0 aromatic heterocycles. The normalized spacial score (nSPS) is 12.1. The molecule has 0 N–H and O–H groups in total. The smallest absolute Gasteiger partial charge is 0.0137 e. The Labute approximate surface area is 59.1 Å². The Bertz CT molecular complexity index is 64.6. The molecule has 1 heteroatoms. The fourth-order valence-corrected chi connectivity index (χ4v) is 0.806. The van der Waals surface area contributed by atoms with Crippen molar-refractivity contribution in [1.29, 1.82) is 0 Å². The van der Waals surface area contributed by atoms with E-state index in [4.69, 9.17) is 0 Å². The third kappa shape index (κ3) is 4.32. The van der Waals surface area contributed by atoms with Crippen molar-refractivity contribution in [3.63, 3.8) is 0 Å². The van der Waals surface area contributed by atoms with Crippen molar-refractivity contribution in [1.82, 2.24) is 0 Å². The highest BCUT2D eigenvalue weighted by Gasteiger charge is 1.79. The van der Waals surface area contributed by atoms with E-state index in [0.717, 1.165) is 0 Å². The first kappa shape index (κ1) is 7.47. The van der Waals surface area contributed by atoms with E-state index in [1.54, 1.807) is 0 Å². The largest absolute Gasteiger partial charge is 0.0755 e. The lowest BCUT2D eigenvalue weighted by atomic mass is 10.4. The van der Waals surface area contributed by atoms with Gasteiger partial charge in [0.05, 0.1) is 0 Å². The summed E-state index contributed by atoms with van der Waals surface area (Å²) in [4.78, 5) is 0. The molecule has 0 nitrogen and oxygen atoms in total. The third-order valence-corrected chi connectivity index (χ3v) is 1.97. The standard InChI is InChI=1S/C6H11I/c1-3-5-6(7)4-2/h5H,3-4H2,1-2H3/b6-5+. The lowest BCUT2D eigenvalue weighted by Gasteiger charge is -1.86. The van der Waals surface area contributed by atoms with Crippen LogP contribution in [0.4, 0.5) is 0 Å². The second-order valence-electron chi connectivity index (χ2n) is 1.41. The summed E-state index contributed by atoms with van der Waals surface area (Å²) in [5, 5.41) is 0. The van der Waals surface area contributed by atoms with Crippen LogP contribution in [-0.4, -0.2) is 0 Å². The van der Waals surface area contributed by atoms with E-state index in [1.807, 2.05) is 0 Å². The summed E-state index contributed by atoms with van der Waals surface area (Å²) in [6.45, 7) is 4.34. The van der Waals surface area contributed by atoms with Gasteiger partial charge >= 0.3 is 0 Å². The highest BCUT2D eigenvalue weighted by molar-refractivity contribution is 14.1. The van der Waals surface area contributed by atoms with Crippen LogP contribution in [0.5, 0.6) is 0 Å². The topological polar surface area (TPSA) is 0 Å². The predicted octanol–water partition coefficient (Wildman–Crippen LogP) is 3.13. The fourth-order valence-electron chi connectivity index (χ4n) is 0.366. The van der Waals surface area contributed by atoms with E-state index in [9.17, 15) is 0 Å². The van der Waals surface area contributed by atoms with Gasteiger partial charge in [0.1, 0.15) is 0 Å². The van der Waals surface area contributed by atoms with Gasteiger partial charge in [-0.3, -0.25) is 0 Å². The molecule has 0 bridgehead atoms. The van der Waals surface area contributed by atoms with E-state index in [1.165, 1.54) is 16.4 Å². The van der Waals surface area contributed by atoms with Gasteiger partial charge in [-0.15, -0.1) is 0 Å². The molecule has 0 aliphatic heterocycles.